The molecule has 0 radical (unpaired) electrons. The molecule has 32 heavy (non-hydrogen) atoms. The van der Waals surface area contributed by atoms with Crippen molar-refractivity contribution in [3.63, 3.8) is 0 Å². The van der Waals surface area contributed by atoms with Gasteiger partial charge in [-0.3, -0.25) is 0 Å². The number of aryl methyl sites for hydroxylation is 1. The summed E-state index contributed by atoms with van der Waals surface area (Å²) < 4.78 is 0. The van der Waals surface area contributed by atoms with Crippen molar-refractivity contribution in [1.29, 1.82) is 0 Å². The van der Waals surface area contributed by atoms with Gasteiger partial charge in [-0.2, -0.15) is 0 Å². The summed E-state index contributed by atoms with van der Waals surface area (Å²) in [5, 5.41) is 11.0. The van der Waals surface area contributed by atoms with E-state index in [-0.39, 0.29) is 18.1 Å². The van der Waals surface area contributed by atoms with E-state index in [4.69, 9.17) is 38.9 Å². The summed E-state index contributed by atoms with van der Waals surface area (Å²) in [6.45, 7) is 3.44. The lowest BCUT2D eigenvalue weighted by Gasteiger charge is -2.43. The number of nitrogens with zero attached hydrogens (tertiary/aromatic N) is 3. The fourth-order valence-electron chi connectivity index (χ4n) is 5.29. The normalized spacial score (nSPS) is 19.4. The summed E-state index contributed by atoms with van der Waals surface area (Å²) in [7, 11) is 0. The molecule has 2 heterocycles. The Morgan fingerprint density at radius 1 is 1.09 bits per heavy atom. The first-order chi connectivity index (χ1) is 15.4. The summed E-state index contributed by atoms with van der Waals surface area (Å²) in [5.41, 5.74) is 12.4. The molecule has 0 saturated carbocycles. The van der Waals surface area contributed by atoms with Crippen LogP contribution in [-0.4, -0.2) is 28.2 Å². The fraction of sp³-hybridized carbons (Fsp3) is 0.360. The second-order valence-electron chi connectivity index (χ2n) is 8.92. The maximum absolute atomic E-state index is 10.1. The number of anilines is 1. The van der Waals surface area contributed by atoms with Crippen molar-refractivity contribution in [2.75, 3.05) is 18.0 Å². The van der Waals surface area contributed by atoms with Crippen LogP contribution in [0, 0.1) is 12.3 Å². The minimum absolute atomic E-state index is 0.0722. The molecule has 0 unspecified atom stereocenters. The van der Waals surface area contributed by atoms with E-state index < -0.39 is 0 Å². The van der Waals surface area contributed by atoms with Crippen molar-refractivity contribution in [3.05, 3.63) is 75.0 Å². The SMILES string of the molecule is Cc1nc(N2CCC3(CC2)Cc2ccccc2[C@H]3N)c(CO)nc1-c1ccc(Cl)c(Cl)c1. The minimum atomic E-state index is -0.177. The number of fused-ring (bicyclic) bond motifs is 1. The van der Waals surface area contributed by atoms with Crippen LogP contribution in [0.2, 0.25) is 10.0 Å². The highest BCUT2D eigenvalue weighted by molar-refractivity contribution is 6.42. The number of halogens is 2. The maximum atomic E-state index is 10.1. The smallest absolute Gasteiger partial charge is 0.153 e. The number of benzene rings is 2. The van der Waals surface area contributed by atoms with Gasteiger partial charge in [-0.05, 0) is 54.9 Å². The average molecular weight is 469 g/mol. The van der Waals surface area contributed by atoms with Gasteiger partial charge in [-0.15, -0.1) is 0 Å². The highest BCUT2D eigenvalue weighted by Gasteiger charge is 2.46. The van der Waals surface area contributed by atoms with E-state index in [0.29, 0.717) is 21.4 Å². The molecule has 1 aromatic heterocycles. The molecule has 2 aliphatic rings. The molecule has 0 bridgehead atoms. The van der Waals surface area contributed by atoms with Gasteiger partial charge in [-0.1, -0.05) is 53.5 Å². The Labute approximate surface area is 198 Å². The molecule has 7 heteroatoms. The van der Waals surface area contributed by atoms with Gasteiger partial charge >= 0.3 is 0 Å². The Bertz CT molecular complexity index is 1170. The lowest BCUT2D eigenvalue weighted by atomic mass is 9.73. The van der Waals surface area contributed by atoms with Crippen molar-refractivity contribution in [2.24, 2.45) is 11.1 Å². The van der Waals surface area contributed by atoms with Crippen LogP contribution in [0.1, 0.15) is 41.4 Å². The summed E-state index contributed by atoms with van der Waals surface area (Å²) in [5.74, 6) is 0.757. The number of hydrogen-bond acceptors (Lipinski definition) is 5. The van der Waals surface area contributed by atoms with Crippen molar-refractivity contribution >= 4 is 29.0 Å². The molecule has 1 atom stereocenters. The van der Waals surface area contributed by atoms with Gasteiger partial charge in [-0.25, -0.2) is 9.97 Å². The number of aromatic nitrogens is 2. The molecule has 3 aromatic rings. The molecule has 1 fully saturated rings. The molecule has 5 rings (SSSR count). The first-order valence-corrected chi connectivity index (χ1v) is 11.7. The van der Waals surface area contributed by atoms with Gasteiger partial charge in [0, 0.05) is 24.7 Å². The van der Waals surface area contributed by atoms with Crippen LogP contribution in [0.25, 0.3) is 11.3 Å². The summed E-state index contributed by atoms with van der Waals surface area (Å²) in [4.78, 5) is 11.9. The first kappa shape index (κ1) is 21.7. The van der Waals surface area contributed by atoms with E-state index in [9.17, 15) is 5.11 Å². The Balaban J connectivity index is 1.40. The van der Waals surface area contributed by atoms with Crippen LogP contribution in [-0.2, 0) is 13.0 Å². The highest BCUT2D eigenvalue weighted by atomic mass is 35.5. The van der Waals surface area contributed by atoms with E-state index in [1.807, 2.05) is 13.0 Å². The molecule has 1 spiro atoms. The van der Waals surface area contributed by atoms with E-state index >= 15 is 0 Å². The van der Waals surface area contributed by atoms with Crippen LogP contribution in [0.4, 0.5) is 5.82 Å². The average Bonchev–Trinajstić information content (AvgIpc) is 3.07. The molecular formula is C25H26Cl2N4O. The van der Waals surface area contributed by atoms with Crippen LogP contribution in [0.5, 0.6) is 0 Å². The molecule has 1 aliphatic carbocycles. The quantitative estimate of drug-likeness (QED) is 0.559. The summed E-state index contributed by atoms with van der Waals surface area (Å²) >= 11 is 12.3. The lowest BCUT2D eigenvalue weighted by Crippen LogP contribution is -2.45. The molecule has 2 aromatic carbocycles. The fourth-order valence-corrected chi connectivity index (χ4v) is 5.59. The van der Waals surface area contributed by atoms with Crippen molar-refractivity contribution in [2.45, 2.75) is 38.8 Å². The lowest BCUT2D eigenvalue weighted by molar-refractivity contribution is 0.186. The highest BCUT2D eigenvalue weighted by Crippen LogP contribution is 2.51. The molecule has 5 nitrogen and oxygen atoms in total. The number of hydrogen-bond donors (Lipinski definition) is 2. The van der Waals surface area contributed by atoms with Crippen LogP contribution < -0.4 is 10.6 Å². The maximum Gasteiger partial charge on any atom is 0.153 e. The zero-order chi connectivity index (χ0) is 22.5. The number of rotatable bonds is 3. The standard InChI is InChI=1S/C25H26Cl2N4O/c1-15-22(16-6-7-19(26)20(27)12-16)30-21(14-32)24(29-15)31-10-8-25(9-11-31)13-17-4-2-3-5-18(17)23(25)28/h2-7,12,23,32H,8-11,13-14,28H2,1H3/t23-/m1/s1. The van der Waals surface area contributed by atoms with Gasteiger partial charge in [0.05, 0.1) is 28.0 Å². The second-order valence-corrected chi connectivity index (χ2v) is 9.73. The van der Waals surface area contributed by atoms with Crippen LogP contribution in [0.3, 0.4) is 0 Å². The van der Waals surface area contributed by atoms with Gasteiger partial charge in [0.15, 0.2) is 5.82 Å². The Morgan fingerprint density at radius 3 is 2.53 bits per heavy atom. The predicted molar refractivity (Wildman–Crippen MR) is 129 cm³/mol. The molecule has 1 saturated heterocycles. The second kappa shape index (κ2) is 8.31. The first-order valence-electron chi connectivity index (χ1n) is 10.9. The summed E-state index contributed by atoms with van der Waals surface area (Å²) in [6.07, 6.45) is 3.01. The van der Waals surface area contributed by atoms with Gasteiger partial charge < -0.3 is 15.7 Å². The minimum Gasteiger partial charge on any atom is -0.390 e. The topological polar surface area (TPSA) is 75.3 Å². The van der Waals surface area contributed by atoms with Crippen LogP contribution >= 0.6 is 23.2 Å². The number of aliphatic hydroxyl groups excluding tert-OH is 1. The van der Waals surface area contributed by atoms with E-state index in [1.165, 1.54) is 11.1 Å². The molecule has 0 amide bonds. The third-order valence-electron chi connectivity index (χ3n) is 7.12. The Morgan fingerprint density at radius 2 is 1.84 bits per heavy atom. The predicted octanol–water partition coefficient (Wildman–Crippen LogP) is 5.09. The zero-order valence-corrected chi connectivity index (χ0v) is 19.5. The molecule has 1 aliphatic heterocycles. The number of aliphatic hydroxyl groups is 1. The van der Waals surface area contributed by atoms with E-state index in [1.54, 1.807) is 12.1 Å². The Kier molecular flexibility index (Phi) is 5.62. The largest absolute Gasteiger partial charge is 0.390 e. The number of piperidine rings is 1. The zero-order valence-electron chi connectivity index (χ0n) is 18.0. The van der Waals surface area contributed by atoms with E-state index in [0.717, 1.165) is 49.4 Å². The molecule has 3 N–H and O–H groups in total. The number of nitrogens with two attached hydrogens (primary N) is 1. The third-order valence-corrected chi connectivity index (χ3v) is 7.85. The monoisotopic (exact) mass is 468 g/mol. The molecule has 166 valence electrons. The van der Waals surface area contributed by atoms with Crippen molar-refractivity contribution < 1.29 is 5.11 Å². The van der Waals surface area contributed by atoms with Crippen molar-refractivity contribution in [1.82, 2.24) is 9.97 Å². The molecular weight excluding hydrogens is 443 g/mol. The van der Waals surface area contributed by atoms with Crippen molar-refractivity contribution in [3.8, 4) is 11.3 Å². The summed E-state index contributed by atoms with van der Waals surface area (Å²) in [6, 6.07) is 14.0. The van der Waals surface area contributed by atoms with E-state index in [2.05, 4.69) is 29.2 Å². The Hall–Kier alpha value is -2.18. The van der Waals surface area contributed by atoms with Gasteiger partial charge in [0.25, 0.3) is 0 Å². The third kappa shape index (κ3) is 3.57. The van der Waals surface area contributed by atoms with Crippen LogP contribution in [0.15, 0.2) is 42.5 Å². The van der Waals surface area contributed by atoms with Gasteiger partial charge in [0.2, 0.25) is 0 Å². The van der Waals surface area contributed by atoms with Gasteiger partial charge in [0.1, 0.15) is 5.69 Å².